The Morgan fingerprint density at radius 1 is 1.75 bits per heavy atom. The molecule has 0 bridgehead atoms. The van der Waals surface area contributed by atoms with Crippen molar-refractivity contribution in [3.8, 4) is 0 Å². The van der Waals surface area contributed by atoms with E-state index in [9.17, 15) is 0 Å². The van der Waals surface area contributed by atoms with E-state index in [-0.39, 0.29) is 0 Å². The van der Waals surface area contributed by atoms with Gasteiger partial charge in [0.05, 0.1) is 0 Å². The van der Waals surface area contributed by atoms with E-state index in [0.717, 1.165) is 0 Å². The first kappa shape index (κ1) is 8.27. The Morgan fingerprint density at radius 2 is 2.25 bits per heavy atom. The van der Waals surface area contributed by atoms with Crippen LogP contribution in [0.4, 0.5) is 0 Å². The van der Waals surface area contributed by atoms with Gasteiger partial charge in [0, 0.05) is 6.54 Å². The molecule has 0 aromatic carbocycles. The predicted molar refractivity (Wildman–Crippen MR) is 38.2 cm³/mol. The van der Waals surface area contributed by atoms with Gasteiger partial charge in [0.25, 0.3) is 0 Å². The second kappa shape index (κ2) is 3.33. The summed E-state index contributed by atoms with van der Waals surface area (Å²) in [5, 5.41) is 12.0. The summed E-state index contributed by atoms with van der Waals surface area (Å²) in [5.41, 5.74) is 0. The lowest BCUT2D eigenvalue weighted by Gasteiger charge is -2.18. The lowest BCUT2D eigenvalue weighted by atomic mass is 10.3. The average Bonchev–Trinajstić information content (AvgIpc) is 1.67. The topological polar surface area (TPSA) is 32.3 Å². The van der Waals surface area contributed by atoms with Crippen LogP contribution in [0.1, 0.15) is 13.3 Å². The SMILES string of the molecule is CCC(O)(S)CNC. The highest BCUT2D eigenvalue weighted by molar-refractivity contribution is 7.81. The lowest BCUT2D eigenvalue weighted by molar-refractivity contribution is 0.136. The van der Waals surface area contributed by atoms with Crippen molar-refractivity contribution in [3.63, 3.8) is 0 Å². The zero-order valence-corrected chi connectivity index (χ0v) is 6.20. The normalized spacial score (nSPS) is 18.0. The van der Waals surface area contributed by atoms with Crippen LogP contribution in [0.15, 0.2) is 0 Å². The molecule has 0 fully saturated rings. The molecule has 0 rings (SSSR count). The number of hydrogen-bond acceptors (Lipinski definition) is 3. The first-order valence-corrected chi connectivity index (χ1v) is 3.16. The molecule has 0 aromatic heterocycles. The molecule has 0 radical (unpaired) electrons. The Morgan fingerprint density at radius 3 is 2.38 bits per heavy atom. The highest BCUT2D eigenvalue weighted by atomic mass is 32.1. The molecule has 0 aliphatic carbocycles. The summed E-state index contributed by atoms with van der Waals surface area (Å²) >= 11 is 3.96. The van der Waals surface area contributed by atoms with E-state index in [4.69, 9.17) is 5.11 Å². The van der Waals surface area contributed by atoms with Crippen molar-refractivity contribution in [1.29, 1.82) is 0 Å². The highest BCUT2D eigenvalue weighted by Gasteiger charge is 2.15. The van der Waals surface area contributed by atoms with Gasteiger partial charge < -0.3 is 10.4 Å². The van der Waals surface area contributed by atoms with E-state index >= 15 is 0 Å². The molecule has 50 valence electrons. The van der Waals surface area contributed by atoms with Crippen LogP contribution in [0.5, 0.6) is 0 Å². The van der Waals surface area contributed by atoms with Crippen molar-refractivity contribution >= 4 is 12.6 Å². The van der Waals surface area contributed by atoms with Crippen LogP contribution in [-0.2, 0) is 0 Å². The summed E-state index contributed by atoms with van der Waals surface area (Å²) in [6.45, 7) is 2.43. The molecular formula is C5H13NOS. The number of thiol groups is 1. The Kier molecular flexibility index (Phi) is 3.44. The minimum absolute atomic E-state index is 0.534. The molecule has 0 aliphatic rings. The number of rotatable bonds is 3. The minimum Gasteiger partial charge on any atom is -0.378 e. The fraction of sp³-hybridized carbons (Fsp3) is 1.00. The molecule has 3 heteroatoms. The van der Waals surface area contributed by atoms with Crippen molar-refractivity contribution in [2.45, 2.75) is 18.3 Å². The molecule has 0 saturated carbocycles. The molecule has 8 heavy (non-hydrogen) atoms. The zero-order chi connectivity index (χ0) is 6.62. The van der Waals surface area contributed by atoms with Crippen molar-refractivity contribution in [1.82, 2.24) is 5.32 Å². The number of nitrogens with one attached hydrogen (secondary N) is 1. The molecule has 2 nitrogen and oxygen atoms in total. The van der Waals surface area contributed by atoms with Gasteiger partial charge in [-0.2, -0.15) is 0 Å². The molecule has 0 spiro atoms. The second-order valence-corrected chi connectivity index (χ2v) is 2.70. The molecule has 0 saturated heterocycles. The summed E-state index contributed by atoms with van der Waals surface area (Å²) in [5.74, 6) is 0. The lowest BCUT2D eigenvalue weighted by Crippen LogP contribution is -2.32. The average molecular weight is 135 g/mol. The summed E-state index contributed by atoms with van der Waals surface area (Å²) in [6.07, 6.45) is 0.664. The van der Waals surface area contributed by atoms with E-state index in [1.54, 1.807) is 7.05 Å². The van der Waals surface area contributed by atoms with Gasteiger partial charge in [0.1, 0.15) is 4.93 Å². The van der Waals surface area contributed by atoms with Gasteiger partial charge in [-0.15, -0.1) is 12.6 Å². The zero-order valence-electron chi connectivity index (χ0n) is 5.31. The molecule has 1 atom stereocenters. The second-order valence-electron chi connectivity index (χ2n) is 1.87. The van der Waals surface area contributed by atoms with Gasteiger partial charge in [-0.3, -0.25) is 0 Å². The molecule has 2 N–H and O–H groups in total. The quantitative estimate of drug-likeness (QED) is 0.382. The number of likely N-dealkylation sites (N-methyl/N-ethyl adjacent to an activating group) is 1. The largest absolute Gasteiger partial charge is 0.378 e. The maximum absolute atomic E-state index is 9.12. The van der Waals surface area contributed by atoms with Gasteiger partial charge in [0.2, 0.25) is 0 Å². The Bertz CT molecular complexity index is 65.4. The Hall–Kier alpha value is 0.270. The smallest absolute Gasteiger partial charge is 0.119 e. The third-order valence-electron chi connectivity index (χ3n) is 1.03. The summed E-state index contributed by atoms with van der Waals surface area (Å²) in [4.78, 5) is -0.825. The van der Waals surface area contributed by atoms with Gasteiger partial charge in [0.15, 0.2) is 0 Å². The third kappa shape index (κ3) is 3.29. The van der Waals surface area contributed by atoms with Gasteiger partial charge >= 0.3 is 0 Å². The summed E-state index contributed by atoms with van der Waals surface area (Å²) < 4.78 is 0. The van der Waals surface area contributed by atoms with Crippen LogP contribution in [0.3, 0.4) is 0 Å². The van der Waals surface area contributed by atoms with Crippen molar-refractivity contribution in [3.05, 3.63) is 0 Å². The summed E-state index contributed by atoms with van der Waals surface area (Å²) in [7, 11) is 1.79. The fourth-order valence-corrected chi connectivity index (χ4v) is 0.566. The first-order valence-electron chi connectivity index (χ1n) is 2.71. The van der Waals surface area contributed by atoms with Crippen LogP contribution in [0.25, 0.3) is 0 Å². The van der Waals surface area contributed by atoms with E-state index in [0.29, 0.717) is 13.0 Å². The van der Waals surface area contributed by atoms with E-state index in [1.807, 2.05) is 6.92 Å². The van der Waals surface area contributed by atoms with Crippen LogP contribution in [-0.4, -0.2) is 23.6 Å². The van der Waals surface area contributed by atoms with Gasteiger partial charge in [-0.05, 0) is 13.5 Å². The van der Waals surface area contributed by atoms with Crippen molar-refractivity contribution in [2.75, 3.05) is 13.6 Å². The predicted octanol–water partition coefficient (Wildman–Crippen LogP) is 0.234. The van der Waals surface area contributed by atoms with Crippen LogP contribution in [0, 0.1) is 0 Å². The van der Waals surface area contributed by atoms with Crippen molar-refractivity contribution < 1.29 is 5.11 Å². The molecule has 1 unspecified atom stereocenters. The van der Waals surface area contributed by atoms with E-state index in [2.05, 4.69) is 17.9 Å². The molecule has 0 aromatic rings. The molecule has 0 amide bonds. The maximum Gasteiger partial charge on any atom is 0.119 e. The third-order valence-corrected chi connectivity index (χ3v) is 1.50. The monoisotopic (exact) mass is 135 g/mol. The first-order chi connectivity index (χ1) is 3.62. The molecule has 0 aliphatic heterocycles. The Balaban J connectivity index is 3.37. The van der Waals surface area contributed by atoms with Crippen LogP contribution < -0.4 is 5.32 Å². The Labute approximate surface area is 55.7 Å². The van der Waals surface area contributed by atoms with Gasteiger partial charge in [-0.1, -0.05) is 6.92 Å². The minimum atomic E-state index is -0.825. The van der Waals surface area contributed by atoms with E-state index < -0.39 is 4.93 Å². The van der Waals surface area contributed by atoms with Gasteiger partial charge in [-0.25, -0.2) is 0 Å². The molecular weight excluding hydrogens is 122 g/mol. The number of aliphatic hydroxyl groups is 1. The standard InChI is InChI=1S/C5H13NOS/c1-3-5(7,8)4-6-2/h6-8H,3-4H2,1-2H3. The van der Waals surface area contributed by atoms with Crippen LogP contribution in [0.2, 0.25) is 0 Å². The number of hydrogen-bond donors (Lipinski definition) is 3. The highest BCUT2D eigenvalue weighted by Crippen LogP contribution is 2.11. The summed E-state index contributed by atoms with van der Waals surface area (Å²) in [6, 6.07) is 0. The van der Waals surface area contributed by atoms with Crippen molar-refractivity contribution in [2.24, 2.45) is 0 Å². The molecule has 0 heterocycles. The maximum atomic E-state index is 9.12. The van der Waals surface area contributed by atoms with Crippen LogP contribution >= 0.6 is 12.6 Å². The fourth-order valence-electron chi connectivity index (χ4n) is 0.408. The van der Waals surface area contributed by atoms with E-state index in [1.165, 1.54) is 0 Å².